The summed E-state index contributed by atoms with van der Waals surface area (Å²) in [6, 6.07) is 6.75. The van der Waals surface area contributed by atoms with Crippen LogP contribution in [0.2, 0.25) is 0 Å². The Bertz CT molecular complexity index is 347. The van der Waals surface area contributed by atoms with Crippen LogP contribution in [0.5, 0.6) is 5.75 Å². The van der Waals surface area contributed by atoms with E-state index in [9.17, 15) is 9.59 Å². The van der Waals surface area contributed by atoms with Crippen LogP contribution in [-0.4, -0.2) is 39.7 Å². The van der Waals surface area contributed by atoms with Gasteiger partial charge in [0.25, 0.3) is 0 Å². The Hall–Kier alpha value is -1.72. The first-order chi connectivity index (χ1) is 8.69. The van der Waals surface area contributed by atoms with E-state index in [2.05, 4.69) is 9.47 Å². The summed E-state index contributed by atoms with van der Waals surface area (Å²) in [5.41, 5.74) is 0.458. The third-order valence-electron chi connectivity index (χ3n) is 2.02. The van der Waals surface area contributed by atoms with Crippen molar-refractivity contribution in [3.8, 4) is 5.75 Å². The third-order valence-corrected chi connectivity index (χ3v) is 2.02. The molecule has 100 valence electrons. The maximum atomic E-state index is 10.4. The number of para-hydroxylation sites is 1. The summed E-state index contributed by atoms with van der Waals surface area (Å²) in [6.45, 7) is 1.81. The van der Waals surface area contributed by atoms with Crippen molar-refractivity contribution in [2.24, 2.45) is 0 Å². The maximum Gasteiger partial charge on any atom is 0.157 e. The molecule has 0 fully saturated rings. The van der Waals surface area contributed by atoms with E-state index in [0.717, 1.165) is 0 Å². The van der Waals surface area contributed by atoms with E-state index in [1.54, 1.807) is 38.5 Å². The molecule has 1 rings (SSSR count). The zero-order chi connectivity index (χ0) is 13.8. The highest BCUT2D eigenvalue weighted by Gasteiger charge is 1.99. The van der Waals surface area contributed by atoms with Crippen molar-refractivity contribution in [1.29, 1.82) is 0 Å². The molecule has 0 aliphatic carbocycles. The minimum absolute atomic E-state index is 0.0230. The first-order valence-electron chi connectivity index (χ1n) is 5.35. The van der Waals surface area contributed by atoms with Crippen LogP contribution in [0.25, 0.3) is 0 Å². The molecule has 0 aliphatic heterocycles. The van der Waals surface area contributed by atoms with Gasteiger partial charge in [0, 0.05) is 14.2 Å². The zero-order valence-corrected chi connectivity index (χ0v) is 10.8. The Morgan fingerprint density at radius 2 is 1.78 bits per heavy atom. The van der Waals surface area contributed by atoms with Crippen molar-refractivity contribution in [1.82, 2.24) is 0 Å². The predicted molar refractivity (Wildman–Crippen MR) is 66.9 cm³/mol. The van der Waals surface area contributed by atoms with Gasteiger partial charge in [-0.3, -0.25) is 9.59 Å². The number of carbonyl (C=O) groups excluding carboxylic acids is 2. The van der Waals surface area contributed by atoms with Crippen molar-refractivity contribution in [2.75, 3.05) is 20.8 Å². The lowest BCUT2D eigenvalue weighted by Crippen LogP contribution is -2.05. The highest BCUT2D eigenvalue weighted by atomic mass is 16.7. The van der Waals surface area contributed by atoms with E-state index in [1.165, 1.54) is 0 Å². The molecular weight excluding hydrogens is 236 g/mol. The number of rotatable bonds is 6. The van der Waals surface area contributed by atoms with Crippen molar-refractivity contribution in [3.05, 3.63) is 29.8 Å². The van der Waals surface area contributed by atoms with Crippen molar-refractivity contribution < 1.29 is 23.8 Å². The molecule has 0 aromatic heterocycles. The van der Waals surface area contributed by atoms with E-state index in [0.29, 0.717) is 23.9 Å². The fraction of sp³-hybridized carbons (Fsp3) is 0.385. The summed E-state index contributed by atoms with van der Waals surface area (Å²) < 4.78 is 14.3. The van der Waals surface area contributed by atoms with Crippen LogP contribution in [0, 0.1) is 0 Å². The standard InChI is InChI=1S/C9H8O3.C4H10O2/c10-5-6-12-9-4-2-1-3-8(9)7-11;1-4(5-2)6-3/h1-5,7H,6H2;4H,1-3H3. The SMILES string of the molecule is COC(C)OC.O=CCOc1ccccc1C=O. The lowest BCUT2D eigenvalue weighted by Gasteiger charge is -2.03. The third kappa shape index (κ3) is 6.78. The van der Waals surface area contributed by atoms with Crippen LogP contribution < -0.4 is 4.74 Å². The summed E-state index contributed by atoms with van der Waals surface area (Å²) in [7, 11) is 3.21. The molecule has 0 N–H and O–H groups in total. The second-order valence-corrected chi connectivity index (χ2v) is 3.17. The first-order valence-corrected chi connectivity index (χ1v) is 5.35. The van der Waals surface area contributed by atoms with E-state index < -0.39 is 0 Å². The molecule has 0 amide bonds. The van der Waals surface area contributed by atoms with Gasteiger partial charge in [-0.2, -0.15) is 0 Å². The lowest BCUT2D eigenvalue weighted by atomic mass is 10.2. The molecule has 1 aromatic carbocycles. The molecule has 0 saturated carbocycles. The topological polar surface area (TPSA) is 61.8 Å². The molecule has 18 heavy (non-hydrogen) atoms. The van der Waals surface area contributed by atoms with Gasteiger partial charge in [0.15, 0.2) is 18.9 Å². The van der Waals surface area contributed by atoms with Crippen LogP contribution in [0.1, 0.15) is 17.3 Å². The Morgan fingerprint density at radius 1 is 1.17 bits per heavy atom. The van der Waals surface area contributed by atoms with Crippen LogP contribution in [0.15, 0.2) is 24.3 Å². The highest BCUT2D eigenvalue weighted by Crippen LogP contribution is 2.14. The monoisotopic (exact) mass is 254 g/mol. The van der Waals surface area contributed by atoms with Gasteiger partial charge < -0.3 is 14.2 Å². The van der Waals surface area contributed by atoms with Crippen molar-refractivity contribution in [3.63, 3.8) is 0 Å². The van der Waals surface area contributed by atoms with Crippen LogP contribution >= 0.6 is 0 Å². The highest BCUT2D eigenvalue weighted by molar-refractivity contribution is 5.79. The molecule has 0 atom stereocenters. The first kappa shape index (κ1) is 16.3. The number of aldehydes is 2. The van der Waals surface area contributed by atoms with Gasteiger partial charge in [0.05, 0.1) is 5.56 Å². The fourth-order valence-electron chi connectivity index (χ4n) is 0.929. The largest absolute Gasteiger partial charge is 0.485 e. The molecule has 5 heteroatoms. The number of hydrogen-bond donors (Lipinski definition) is 0. The summed E-state index contributed by atoms with van der Waals surface area (Å²) >= 11 is 0. The smallest absolute Gasteiger partial charge is 0.157 e. The van der Waals surface area contributed by atoms with Gasteiger partial charge >= 0.3 is 0 Å². The Kier molecular flexibility index (Phi) is 9.44. The van der Waals surface area contributed by atoms with Crippen LogP contribution in [0.3, 0.4) is 0 Å². The predicted octanol–water partition coefficient (Wildman–Crippen LogP) is 1.70. The summed E-state index contributed by atoms with van der Waals surface area (Å²) in [5, 5.41) is 0. The molecule has 1 aromatic rings. The Morgan fingerprint density at radius 3 is 2.22 bits per heavy atom. The number of hydrogen-bond acceptors (Lipinski definition) is 5. The minimum Gasteiger partial charge on any atom is -0.485 e. The van der Waals surface area contributed by atoms with Crippen molar-refractivity contribution in [2.45, 2.75) is 13.2 Å². The molecule has 0 unspecified atom stereocenters. The summed E-state index contributed by atoms with van der Waals surface area (Å²) in [4.78, 5) is 20.4. The fourth-order valence-corrected chi connectivity index (χ4v) is 0.929. The second-order valence-electron chi connectivity index (χ2n) is 3.17. The minimum atomic E-state index is -0.0648. The van der Waals surface area contributed by atoms with Gasteiger partial charge in [0.1, 0.15) is 12.4 Å². The molecule has 0 heterocycles. The number of benzene rings is 1. The number of ether oxygens (including phenoxy) is 3. The summed E-state index contributed by atoms with van der Waals surface area (Å²) in [6.07, 6.45) is 1.27. The van der Waals surface area contributed by atoms with Gasteiger partial charge in [0.2, 0.25) is 0 Å². The molecule has 5 nitrogen and oxygen atoms in total. The van der Waals surface area contributed by atoms with Crippen LogP contribution in [-0.2, 0) is 14.3 Å². The second kappa shape index (κ2) is 10.4. The van der Waals surface area contributed by atoms with Gasteiger partial charge in [-0.15, -0.1) is 0 Å². The van der Waals surface area contributed by atoms with E-state index in [4.69, 9.17) is 4.74 Å². The lowest BCUT2D eigenvalue weighted by molar-refractivity contribution is -0.109. The number of methoxy groups -OCH3 is 2. The maximum absolute atomic E-state index is 10.4. The van der Waals surface area contributed by atoms with E-state index in [1.807, 2.05) is 6.92 Å². The molecule has 0 aliphatic rings. The van der Waals surface area contributed by atoms with Gasteiger partial charge in [-0.25, -0.2) is 0 Å². The zero-order valence-electron chi connectivity index (χ0n) is 10.8. The average molecular weight is 254 g/mol. The van der Waals surface area contributed by atoms with E-state index >= 15 is 0 Å². The van der Waals surface area contributed by atoms with Gasteiger partial charge in [-0.05, 0) is 19.1 Å². The summed E-state index contributed by atoms with van der Waals surface area (Å²) in [5.74, 6) is 0.444. The number of carbonyl (C=O) groups is 2. The Labute approximate surface area is 107 Å². The molecule has 0 bridgehead atoms. The molecular formula is C13H18O5. The van der Waals surface area contributed by atoms with Crippen molar-refractivity contribution >= 4 is 12.6 Å². The quantitative estimate of drug-likeness (QED) is 0.571. The van der Waals surface area contributed by atoms with Gasteiger partial charge in [-0.1, -0.05) is 12.1 Å². The average Bonchev–Trinajstić information content (AvgIpc) is 2.45. The van der Waals surface area contributed by atoms with Crippen LogP contribution in [0.4, 0.5) is 0 Å². The molecule has 0 radical (unpaired) electrons. The normalized spacial score (nSPS) is 9.33. The Balaban J connectivity index is 0.000000411. The van der Waals surface area contributed by atoms with E-state index in [-0.39, 0.29) is 12.9 Å². The molecule has 0 saturated heterocycles. The molecule has 0 spiro atoms.